The molecule has 0 amide bonds. The average molecular weight is 203 g/mol. The topological polar surface area (TPSA) is 51.8 Å². The summed E-state index contributed by atoms with van der Waals surface area (Å²) in [6, 6.07) is 0. The van der Waals surface area contributed by atoms with Gasteiger partial charge in [-0.2, -0.15) is 0 Å². The molecule has 0 bridgehead atoms. The molecule has 3 nitrogen and oxygen atoms in total. The molecule has 0 saturated heterocycles. The minimum absolute atomic E-state index is 0.278. The van der Waals surface area contributed by atoms with E-state index in [0.29, 0.717) is 5.13 Å². The smallest absolute Gasteiger partial charge is 0.203 e. The third-order valence-corrected chi connectivity index (χ3v) is 3.33. The lowest BCUT2D eigenvalue weighted by Crippen LogP contribution is -2.07. The first-order chi connectivity index (χ1) is 5.47. The molecule has 0 saturated carbocycles. The van der Waals surface area contributed by atoms with Gasteiger partial charge in [0.15, 0.2) is 0 Å². The lowest BCUT2D eigenvalue weighted by atomic mass is 10.3. The summed E-state index contributed by atoms with van der Waals surface area (Å²) in [6.45, 7) is 6.55. The molecule has 0 aromatic carbocycles. The summed E-state index contributed by atoms with van der Waals surface area (Å²) >= 11 is 3.32. The standard InChI is InChI=1S/C7H13N3S2/c1-7(2,3)11-4-5-9-10-6(8)12-5/h4H2,1-3H3,(H2,8,10). The van der Waals surface area contributed by atoms with Gasteiger partial charge < -0.3 is 5.73 Å². The molecule has 68 valence electrons. The normalized spacial score (nSPS) is 11.9. The maximum Gasteiger partial charge on any atom is 0.203 e. The highest BCUT2D eigenvalue weighted by molar-refractivity contribution is 7.99. The number of nitrogens with two attached hydrogens (primary N) is 1. The molecule has 0 unspecified atom stereocenters. The quantitative estimate of drug-likeness (QED) is 0.800. The van der Waals surface area contributed by atoms with Gasteiger partial charge in [0.1, 0.15) is 5.01 Å². The Hall–Kier alpha value is -0.290. The molecule has 0 aliphatic rings. The third kappa shape index (κ3) is 3.40. The number of anilines is 1. The Balaban J connectivity index is 2.44. The van der Waals surface area contributed by atoms with Gasteiger partial charge in [-0.3, -0.25) is 0 Å². The summed E-state index contributed by atoms with van der Waals surface area (Å²) in [5.41, 5.74) is 5.45. The van der Waals surface area contributed by atoms with Gasteiger partial charge in [0.2, 0.25) is 5.13 Å². The third-order valence-electron chi connectivity index (χ3n) is 1.11. The van der Waals surface area contributed by atoms with Crippen LogP contribution in [0, 0.1) is 0 Å². The molecule has 1 rings (SSSR count). The van der Waals surface area contributed by atoms with E-state index in [4.69, 9.17) is 5.73 Å². The summed E-state index contributed by atoms with van der Waals surface area (Å²) in [6.07, 6.45) is 0. The summed E-state index contributed by atoms with van der Waals surface area (Å²) in [7, 11) is 0. The molecule has 0 atom stereocenters. The van der Waals surface area contributed by atoms with Crippen LogP contribution >= 0.6 is 23.1 Å². The van der Waals surface area contributed by atoms with E-state index in [-0.39, 0.29) is 4.75 Å². The van der Waals surface area contributed by atoms with Crippen LogP contribution in [0.3, 0.4) is 0 Å². The van der Waals surface area contributed by atoms with Crippen molar-refractivity contribution in [2.24, 2.45) is 0 Å². The molecule has 1 aromatic heterocycles. The number of aromatic nitrogens is 2. The Morgan fingerprint density at radius 2 is 2.08 bits per heavy atom. The van der Waals surface area contributed by atoms with Crippen LogP contribution < -0.4 is 5.73 Å². The van der Waals surface area contributed by atoms with Crippen LogP contribution in [-0.4, -0.2) is 14.9 Å². The van der Waals surface area contributed by atoms with E-state index in [9.17, 15) is 0 Å². The van der Waals surface area contributed by atoms with Gasteiger partial charge in [0.25, 0.3) is 0 Å². The Morgan fingerprint density at radius 1 is 1.42 bits per heavy atom. The Morgan fingerprint density at radius 3 is 2.50 bits per heavy atom. The van der Waals surface area contributed by atoms with E-state index in [1.54, 1.807) is 0 Å². The van der Waals surface area contributed by atoms with Crippen molar-refractivity contribution in [3.8, 4) is 0 Å². The van der Waals surface area contributed by atoms with Crippen molar-refractivity contribution in [1.82, 2.24) is 10.2 Å². The molecular formula is C7H13N3S2. The summed E-state index contributed by atoms with van der Waals surface area (Å²) in [5, 5.41) is 9.25. The zero-order chi connectivity index (χ0) is 9.19. The summed E-state index contributed by atoms with van der Waals surface area (Å²) < 4.78 is 0.278. The first kappa shape index (κ1) is 9.80. The second-order valence-corrected chi connectivity index (χ2v) is 6.33. The van der Waals surface area contributed by atoms with E-state index in [0.717, 1.165) is 10.8 Å². The highest BCUT2D eigenvalue weighted by atomic mass is 32.2. The molecule has 0 aliphatic heterocycles. The number of hydrogen-bond donors (Lipinski definition) is 1. The second-order valence-electron chi connectivity index (χ2n) is 3.44. The van der Waals surface area contributed by atoms with E-state index in [1.807, 2.05) is 11.8 Å². The van der Waals surface area contributed by atoms with Crippen molar-refractivity contribution in [3.05, 3.63) is 5.01 Å². The van der Waals surface area contributed by atoms with Crippen LogP contribution in [0.25, 0.3) is 0 Å². The molecule has 2 N–H and O–H groups in total. The largest absolute Gasteiger partial charge is 0.374 e. The van der Waals surface area contributed by atoms with E-state index in [1.165, 1.54) is 11.3 Å². The van der Waals surface area contributed by atoms with Crippen LogP contribution in [0.5, 0.6) is 0 Å². The van der Waals surface area contributed by atoms with Crippen molar-refractivity contribution in [2.45, 2.75) is 31.3 Å². The monoisotopic (exact) mass is 203 g/mol. The Kier molecular flexibility index (Phi) is 2.95. The van der Waals surface area contributed by atoms with Crippen molar-refractivity contribution in [2.75, 3.05) is 5.73 Å². The van der Waals surface area contributed by atoms with E-state index < -0.39 is 0 Å². The van der Waals surface area contributed by atoms with Gasteiger partial charge >= 0.3 is 0 Å². The second kappa shape index (κ2) is 3.62. The number of nitrogen functional groups attached to an aromatic ring is 1. The molecule has 1 aromatic rings. The lowest BCUT2D eigenvalue weighted by molar-refractivity contribution is 0.801. The van der Waals surface area contributed by atoms with Crippen molar-refractivity contribution in [3.63, 3.8) is 0 Å². The Bertz CT molecular complexity index is 251. The zero-order valence-electron chi connectivity index (χ0n) is 7.50. The molecule has 0 spiro atoms. The fourth-order valence-electron chi connectivity index (χ4n) is 0.603. The first-order valence-corrected chi connectivity index (χ1v) is 5.49. The molecule has 0 aliphatic carbocycles. The van der Waals surface area contributed by atoms with Crippen LogP contribution in [0.4, 0.5) is 5.13 Å². The number of rotatable bonds is 2. The van der Waals surface area contributed by atoms with E-state index >= 15 is 0 Å². The highest BCUT2D eigenvalue weighted by Crippen LogP contribution is 2.28. The predicted octanol–water partition coefficient (Wildman–Crippen LogP) is 2.15. The molecule has 5 heteroatoms. The molecular weight excluding hydrogens is 190 g/mol. The predicted molar refractivity (Wildman–Crippen MR) is 55.4 cm³/mol. The fraction of sp³-hybridized carbons (Fsp3) is 0.714. The highest BCUT2D eigenvalue weighted by Gasteiger charge is 2.12. The number of nitrogens with zero attached hydrogens (tertiary/aromatic N) is 2. The average Bonchev–Trinajstić information content (AvgIpc) is 2.30. The van der Waals surface area contributed by atoms with Crippen LogP contribution in [-0.2, 0) is 5.75 Å². The van der Waals surface area contributed by atoms with Crippen molar-refractivity contribution < 1.29 is 0 Å². The van der Waals surface area contributed by atoms with Crippen LogP contribution in [0.15, 0.2) is 0 Å². The SMILES string of the molecule is CC(C)(C)SCc1nnc(N)s1. The minimum Gasteiger partial charge on any atom is -0.374 e. The maximum atomic E-state index is 5.45. The lowest BCUT2D eigenvalue weighted by Gasteiger charge is -2.15. The van der Waals surface area contributed by atoms with Crippen molar-refractivity contribution in [1.29, 1.82) is 0 Å². The fourth-order valence-corrected chi connectivity index (χ4v) is 2.03. The maximum absolute atomic E-state index is 5.45. The molecule has 1 heterocycles. The summed E-state index contributed by atoms with van der Waals surface area (Å²) in [5.74, 6) is 0.901. The molecule has 0 radical (unpaired) electrons. The van der Waals surface area contributed by atoms with Crippen LogP contribution in [0.2, 0.25) is 0 Å². The Labute approximate surface area is 80.8 Å². The van der Waals surface area contributed by atoms with Crippen molar-refractivity contribution >= 4 is 28.2 Å². The van der Waals surface area contributed by atoms with Gasteiger partial charge in [0.05, 0.1) is 0 Å². The minimum atomic E-state index is 0.278. The van der Waals surface area contributed by atoms with Gasteiger partial charge in [-0.25, -0.2) is 0 Å². The molecule has 0 fully saturated rings. The number of thioether (sulfide) groups is 1. The molecule has 12 heavy (non-hydrogen) atoms. The van der Waals surface area contributed by atoms with Gasteiger partial charge in [-0.05, 0) is 0 Å². The van der Waals surface area contributed by atoms with Gasteiger partial charge in [-0.1, -0.05) is 32.1 Å². The van der Waals surface area contributed by atoms with Gasteiger partial charge in [0, 0.05) is 10.5 Å². The summed E-state index contributed by atoms with van der Waals surface area (Å²) in [4.78, 5) is 0. The van der Waals surface area contributed by atoms with Crippen LogP contribution in [0.1, 0.15) is 25.8 Å². The number of hydrogen-bond acceptors (Lipinski definition) is 5. The first-order valence-electron chi connectivity index (χ1n) is 3.69. The zero-order valence-corrected chi connectivity index (χ0v) is 9.13. The van der Waals surface area contributed by atoms with Gasteiger partial charge in [-0.15, -0.1) is 22.0 Å². The van der Waals surface area contributed by atoms with E-state index in [2.05, 4.69) is 31.0 Å².